The number of carbonyl (C=O) groups is 1. The lowest BCUT2D eigenvalue weighted by molar-refractivity contribution is -0.113. The number of para-hydroxylation sites is 3. The molecule has 0 fully saturated rings. The Balaban J connectivity index is 1.28. The summed E-state index contributed by atoms with van der Waals surface area (Å²) in [5.41, 5.74) is 3.67. The number of fused-ring (bicyclic) bond motifs is 3. The molecule has 0 unspecified atom stereocenters. The molecule has 2 heterocycles. The van der Waals surface area contributed by atoms with Crippen molar-refractivity contribution in [3.8, 4) is 28.6 Å². The molecule has 0 saturated carbocycles. The highest BCUT2D eigenvalue weighted by atomic mass is 32.2. The van der Waals surface area contributed by atoms with Crippen molar-refractivity contribution in [2.75, 3.05) is 25.3 Å². The smallest absolute Gasteiger partial charge is 0.234 e. The summed E-state index contributed by atoms with van der Waals surface area (Å²) in [5.74, 6) is 1.76. The maximum absolute atomic E-state index is 13.1. The number of hydrogen-bond donors (Lipinski definition) is 1. The van der Waals surface area contributed by atoms with Crippen LogP contribution in [0.1, 0.15) is 0 Å². The van der Waals surface area contributed by atoms with Crippen LogP contribution in [0.25, 0.3) is 39.0 Å². The van der Waals surface area contributed by atoms with Crippen LogP contribution in [0.5, 0.6) is 11.5 Å². The first-order valence-corrected chi connectivity index (χ1v) is 13.2. The minimum absolute atomic E-state index is 0.109. The number of aromatic nitrogens is 3. The summed E-state index contributed by atoms with van der Waals surface area (Å²) in [7, 11) is 3.20. The molecular weight excluding hydrogens is 512 g/mol. The van der Waals surface area contributed by atoms with E-state index in [9.17, 15) is 4.79 Å². The van der Waals surface area contributed by atoms with Gasteiger partial charge in [-0.25, -0.2) is 0 Å². The molecule has 0 saturated heterocycles. The summed E-state index contributed by atoms with van der Waals surface area (Å²) in [5, 5.41) is 14.3. The van der Waals surface area contributed by atoms with Gasteiger partial charge in [0.05, 0.1) is 31.2 Å². The van der Waals surface area contributed by atoms with Gasteiger partial charge in [0.15, 0.2) is 11.0 Å². The van der Waals surface area contributed by atoms with Crippen LogP contribution >= 0.6 is 11.8 Å². The fraction of sp³-hybridized carbons (Fsp3) is 0.100. The van der Waals surface area contributed by atoms with E-state index in [1.54, 1.807) is 20.3 Å². The second kappa shape index (κ2) is 10.5. The Bertz CT molecular complexity index is 1800. The van der Waals surface area contributed by atoms with Gasteiger partial charge in [0.2, 0.25) is 5.91 Å². The van der Waals surface area contributed by atoms with Crippen molar-refractivity contribution in [3.63, 3.8) is 0 Å². The molecule has 0 aliphatic rings. The summed E-state index contributed by atoms with van der Waals surface area (Å²) in [6, 6.07) is 28.9. The second-order valence-electron chi connectivity index (χ2n) is 8.66. The predicted octanol–water partition coefficient (Wildman–Crippen LogP) is 6.58. The average Bonchev–Trinajstić information content (AvgIpc) is 3.57. The maximum atomic E-state index is 13.1. The number of anilines is 1. The molecule has 9 heteroatoms. The molecule has 0 aliphatic heterocycles. The third-order valence-corrected chi connectivity index (χ3v) is 7.23. The number of nitrogens with one attached hydrogen (secondary N) is 1. The van der Waals surface area contributed by atoms with E-state index in [4.69, 9.17) is 13.9 Å². The van der Waals surface area contributed by atoms with E-state index in [0.29, 0.717) is 33.8 Å². The molecule has 39 heavy (non-hydrogen) atoms. The molecule has 0 aliphatic carbocycles. The second-order valence-corrected chi connectivity index (χ2v) is 9.60. The van der Waals surface area contributed by atoms with Gasteiger partial charge in [-0.1, -0.05) is 60.3 Å². The average molecular weight is 537 g/mol. The molecule has 6 aromatic rings. The number of rotatable bonds is 8. The Morgan fingerprint density at radius 1 is 0.846 bits per heavy atom. The largest absolute Gasteiger partial charge is 0.496 e. The van der Waals surface area contributed by atoms with Crippen molar-refractivity contribution < 1.29 is 18.7 Å². The lowest BCUT2D eigenvalue weighted by Gasteiger charge is -2.13. The van der Waals surface area contributed by atoms with Crippen LogP contribution in [-0.2, 0) is 4.79 Å². The standard InChI is InChI=1S/C30H24N4O4S/c1-36-24-14-8-7-13-21(24)29-32-33-30(34(29)19-10-4-3-5-11-19)39-18-28(35)31-23-17-26-22(16-27(23)37-2)20-12-6-9-15-25(20)38-26/h3-17H,18H2,1-2H3,(H,31,35). The number of methoxy groups -OCH3 is 2. The Hall–Kier alpha value is -4.76. The molecule has 4 aromatic carbocycles. The van der Waals surface area contributed by atoms with Gasteiger partial charge in [0, 0.05) is 22.5 Å². The van der Waals surface area contributed by atoms with Gasteiger partial charge in [-0.3, -0.25) is 9.36 Å². The summed E-state index contributed by atoms with van der Waals surface area (Å²) in [6.07, 6.45) is 0. The number of nitrogens with zero attached hydrogens (tertiary/aromatic N) is 3. The van der Waals surface area contributed by atoms with E-state index < -0.39 is 0 Å². The summed E-state index contributed by atoms with van der Waals surface area (Å²) >= 11 is 1.29. The topological polar surface area (TPSA) is 91.4 Å². The number of benzene rings is 4. The number of amides is 1. The molecule has 8 nitrogen and oxygen atoms in total. The third-order valence-electron chi connectivity index (χ3n) is 6.30. The number of furan rings is 1. The molecule has 0 bridgehead atoms. The van der Waals surface area contributed by atoms with Gasteiger partial charge in [-0.2, -0.15) is 0 Å². The Morgan fingerprint density at radius 2 is 1.59 bits per heavy atom. The number of hydrogen-bond acceptors (Lipinski definition) is 7. The molecule has 2 aromatic heterocycles. The molecule has 0 spiro atoms. The Morgan fingerprint density at radius 3 is 2.41 bits per heavy atom. The van der Waals surface area contributed by atoms with E-state index in [2.05, 4.69) is 15.5 Å². The molecule has 1 N–H and O–H groups in total. The van der Waals surface area contributed by atoms with E-state index in [0.717, 1.165) is 27.6 Å². The van der Waals surface area contributed by atoms with E-state index in [-0.39, 0.29) is 11.7 Å². The number of thioether (sulfide) groups is 1. The van der Waals surface area contributed by atoms with Crippen molar-refractivity contribution in [1.29, 1.82) is 0 Å². The first-order valence-electron chi connectivity index (χ1n) is 12.2. The molecule has 0 radical (unpaired) electrons. The number of ether oxygens (including phenoxy) is 2. The van der Waals surface area contributed by atoms with Crippen LogP contribution in [0.4, 0.5) is 5.69 Å². The van der Waals surface area contributed by atoms with Crippen molar-refractivity contribution in [2.24, 2.45) is 0 Å². The molecule has 1 amide bonds. The van der Waals surface area contributed by atoms with Gasteiger partial charge >= 0.3 is 0 Å². The zero-order valence-corrected chi connectivity index (χ0v) is 22.1. The Labute approximate surface area is 228 Å². The molecule has 194 valence electrons. The Kier molecular flexibility index (Phi) is 6.64. The predicted molar refractivity (Wildman–Crippen MR) is 153 cm³/mol. The third kappa shape index (κ3) is 4.68. The van der Waals surface area contributed by atoms with E-state index in [1.165, 1.54) is 11.8 Å². The van der Waals surface area contributed by atoms with Crippen LogP contribution in [-0.4, -0.2) is 40.6 Å². The summed E-state index contributed by atoms with van der Waals surface area (Å²) in [4.78, 5) is 13.1. The molecule has 0 atom stereocenters. The van der Waals surface area contributed by atoms with Gasteiger partial charge in [0.25, 0.3) is 0 Å². The number of carbonyl (C=O) groups excluding carboxylic acids is 1. The first-order chi connectivity index (χ1) is 19.2. The van der Waals surface area contributed by atoms with Gasteiger partial charge in [-0.05, 0) is 36.4 Å². The molecule has 6 rings (SSSR count). The highest BCUT2D eigenvalue weighted by molar-refractivity contribution is 7.99. The first kappa shape index (κ1) is 24.6. The van der Waals surface area contributed by atoms with Crippen molar-refractivity contribution >= 4 is 45.3 Å². The highest BCUT2D eigenvalue weighted by Gasteiger charge is 2.20. The molecular formula is C30H24N4O4S. The van der Waals surface area contributed by atoms with Crippen molar-refractivity contribution in [2.45, 2.75) is 5.16 Å². The van der Waals surface area contributed by atoms with Gasteiger partial charge in [0.1, 0.15) is 22.7 Å². The van der Waals surface area contributed by atoms with Gasteiger partial charge < -0.3 is 19.2 Å². The van der Waals surface area contributed by atoms with Crippen LogP contribution < -0.4 is 14.8 Å². The van der Waals surface area contributed by atoms with Crippen LogP contribution in [0.3, 0.4) is 0 Å². The van der Waals surface area contributed by atoms with Crippen LogP contribution in [0.15, 0.2) is 101 Å². The lowest BCUT2D eigenvalue weighted by Crippen LogP contribution is -2.15. The quantitative estimate of drug-likeness (QED) is 0.220. The fourth-order valence-corrected chi connectivity index (χ4v) is 5.26. The van der Waals surface area contributed by atoms with E-state index in [1.807, 2.05) is 89.5 Å². The summed E-state index contributed by atoms with van der Waals surface area (Å²) < 4.78 is 19.1. The van der Waals surface area contributed by atoms with Crippen molar-refractivity contribution in [3.05, 3.63) is 91.0 Å². The van der Waals surface area contributed by atoms with E-state index >= 15 is 0 Å². The summed E-state index contributed by atoms with van der Waals surface area (Å²) in [6.45, 7) is 0. The maximum Gasteiger partial charge on any atom is 0.234 e. The van der Waals surface area contributed by atoms with Crippen molar-refractivity contribution in [1.82, 2.24) is 14.8 Å². The zero-order valence-electron chi connectivity index (χ0n) is 21.3. The normalized spacial score (nSPS) is 11.1. The zero-order chi connectivity index (χ0) is 26.8. The SMILES string of the molecule is COc1cc2c(cc1NC(=O)CSc1nnc(-c3ccccc3OC)n1-c1ccccc1)oc1ccccc12. The monoisotopic (exact) mass is 536 g/mol. The lowest BCUT2D eigenvalue weighted by atomic mass is 10.1. The van der Waals surface area contributed by atoms with Crippen LogP contribution in [0, 0.1) is 0 Å². The fourth-order valence-electron chi connectivity index (χ4n) is 4.51. The minimum Gasteiger partial charge on any atom is -0.496 e. The van der Waals surface area contributed by atoms with Gasteiger partial charge in [-0.15, -0.1) is 10.2 Å². The highest BCUT2D eigenvalue weighted by Crippen LogP contribution is 2.37. The van der Waals surface area contributed by atoms with Crippen LogP contribution in [0.2, 0.25) is 0 Å². The minimum atomic E-state index is -0.213.